The summed E-state index contributed by atoms with van der Waals surface area (Å²) in [7, 11) is 0. The summed E-state index contributed by atoms with van der Waals surface area (Å²) < 4.78 is 27.0. The molecule has 0 spiro atoms. The molecule has 0 aliphatic carbocycles. The second-order valence-corrected chi connectivity index (χ2v) is 34.5. The highest BCUT2D eigenvalue weighted by atomic mass is 32.1. The van der Waals surface area contributed by atoms with Crippen LogP contribution in [0, 0.1) is 0 Å². The van der Waals surface area contributed by atoms with E-state index in [1.807, 2.05) is 194 Å². The number of rotatable bonds is 16. The van der Waals surface area contributed by atoms with E-state index in [9.17, 15) is 0 Å². The van der Waals surface area contributed by atoms with Crippen LogP contribution in [0.2, 0.25) is 0 Å². The Balaban J connectivity index is 0.000000112. The van der Waals surface area contributed by atoms with Gasteiger partial charge in [-0.05, 0) is 136 Å². The van der Waals surface area contributed by atoms with Crippen LogP contribution in [-0.4, -0.2) is 49.8 Å². The van der Waals surface area contributed by atoms with Crippen molar-refractivity contribution in [3.63, 3.8) is 0 Å². The number of hydrogen-bond donors (Lipinski definition) is 0. The van der Waals surface area contributed by atoms with Crippen LogP contribution in [0.4, 0.5) is 0 Å². The molecule has 0 bridgehead atoms. The fourth-order valence-electron chi connectivity index (χ4n) is 17.5. The van der Waals surface area contributed by atoms with Crippen LogP contribution < -0.4 is 0 Å². The number of benzene rings is 17. The molecule has 0 amide bonds. The van der Waals surface area contributed by atoms with Crippen molar-refractivity contribution >= 4 is 86.4 Å². The van der Waals surface area contributed by atoms with E-state index in [0.29, 0.717) is 52.4 Å². The summed E-state index contributed by atoms with van der Waals surface area (Å²) in [6, 6.07) is 153. The Kier molecular flexibility index (Phi) is 21.5. The lowest BCUT2D eigenvalue weighted by atomic mass is 10.0. The Bertz CT molecular complexity index is 8500. The average molecular weight is 1780 g/mol. The predicted molar refractivity (Wildman–Crippen MR) is 554 cm³/mol. The number of aromatic nitrogens is 10. The molecule has 0 radical (unpaired) electrons. The van der Waals surface area contributed by atoms with Gasteiger partial charge < -0.3 is 17.7 Å². The van der Waals surface area contributed by atoms with Crippen molar-refractivity contribution in [3.8, 4) is 181 Å². The molecule has 26 rings (SSSR count). The van der Waals surface area contributed by atoms with Crippen molar-refractivity contribution in [2.75, 3.05) is 0 Å². The van der Waals surface area contributed by atoms with Crippen LogP contribution in [0.25, 0.3) is 256 Å². The largest absolute Gasteiger partial charge is 0.456 e. The smallest absolute Gasteiger partial charge is 0.164 e. The van der Waals surface area contributed by atoms with Gasteiger partial charge in [0.05, 0.1) is 0 Å². The van der Waals surface area contributed by atoms with E-state index >= 15 is 0 Å². The molecule has 14 nitrogen and oxygen atoms in total. The second kappa shape index (κ2) is 36.0. The number of pyridine rings is 1. The number of thiophene rings is 1. The minimum Gasteiger partial charge on any atom is -0.456 e. The van der Waals surface area contributed by atoms with Crippen LogP contribution in [0.5, 0.6) is 0 Å². The molecule has 0 atom stereocenters. The quantitative estimate of drug-likeness (QED) is 0.0891. The Morgan fingerprint density at radius 3 is 0.825 bits per heavy atom. The highest BCUT2D eigenvalue weighted by Gasteiger charge is 2.22. The first-order valence-electron chi connectivity index (χ1n) is 45.2. The topological polar surface area (TPSA) is 181 Å². The maximum atomic E-state index is 6.21. The molecular formula is C122H76N10O4S. The summed E-state index contributed by atoms with van der Waals surface area (Å²) in [5.41, 5.74) is 24.3. The summed E-state index contributed by atoms with van der Waals surface area (Å²) >= 11 is 1.79. The molecule has 0 saturated carbocycles. The summed E-state index contributed by atoms with van der Waals surface area (Å²) in [5.74, 6) is 7.98. The van der Waals surface area contributed by atoms with E-state index in [-0.39, 0.29) is 0 Å². The Morgan fingerprint density at radius 2 is 0.431 bits per heavy atom. The van der Waals surface area contributed by atoms with E-state index in [0.717, 1.165) is 183 Å². The standard InChI is InChI=1S/C41H25N3O2.C41H25N3OS.C40H26N4O/c1-2-9-26(10-3-1)29-12-8-13-31(23-29)40-42-39(28-19-17-27(18-20-28)37-24-30-11-4-6-15-35(30)45-37)43-41(44-40)32-21-22-34-33-14-5-7-16-36(33)46-38(34)25-32;1-2-9-26(10-3-1)29-12-8-13-31(23-29)40-42-39(28-19-17-27(18-20-28)36-24-30-11-4-6-15-35(30)45-36)43-41(44-40)32-21-22-34-33-14-5-7-16-37(33)46-38(34)25-32;1-2-8-27(9-3-1)32-11-6-12-34(24-32)40-43-38(30-19-15-28(16-20-30)35-13-7-23-41-26-35)42-39(44-40)31-21-17-29(18-22-31)37-25-33-10-4-5-14-36(33)45-37/h2*1-25H;1-26H. The SMILES string of the molecule is c1ccc(-c2cccc(-c3nc(-c4ccc(-c5cc6ccccc6o5)cc4)nc(-c4ccc5c(c4)oc4ccccc45)n3)c2)cc1.c1ccc(-c2cccc(-c3nc(-c4ccc(-c5cc6ccccc6o5)cc4)nc(-c4ccc5c(c4)sc4ccccc45)n3)c2)cc1.c1ccc(-c2cccc(-c3nc(-c4ccc(-c5cccnc5)cc4)nc(-c4ccc(-c5cc6ccccc6o5)cc4)n3)c2)cc1. The van der Waals surface area contributed by atoms with Gasteiger partial charge in [-0.25, -0.2) is 44.9 Å². The van der Waals surface area contributed by atoms with Crippen molar-refractivity contribution in [3.05, 3.63) is 461 Å². The summed E-state index contributed by atoms with van der Waals surface area (Å²) in [6.07, 6.45) is 3.64. The van der Waals surface area contributed by atoms with Crippen LogP contribution in [0.15, 0.2) is 479 Å². The van der Waals surface area contributed by atoms with Crippen LogP contribution >= 0.6 is 11.3 Å². The van der Waals surface area contributed by atoms with Gasteiger partial charge in [-0.1, -0.05) is 358 Å². The molecule has 26 aromatic rings. The average Bonchev–Trinajstić information content (AvgIpc) is 1.64. The summed E-state index contributed by atoms with van der Waals surface area (Å²) in [5, 5.41) is 7.91. The van der Waals surface area contributed by atoms with Crippen molar-refractivity contribution in [1.82, 2.24) is 49.8 Å². The van der Waals surface area contributed by atoms with E-state index in [2.05, 4.69) is 266 Å². The minimum absolute atomic E-state index is 0.578. The molecule has 17 aromatic carbocycles. The van der Waals surface area contributed by atoms with Gasteiger partial charge >= 0.3 is 0 Å². The normalized spacial score (nSPS) is 11.4. The molecule has 644 valence electrons. The zero-order valence-corrected chi connectivity index (χ0v) is 74.2. The van der Waals surface area contributed by atoms with Crippen LogP contribution in [0.3, 0.4) is 0 Å². The van der Waals surface area contributed by atoms with Crippen molar-refractivity contribution in [2.24, 2.45) is 0 Å². The van der Waals surface area contributed by atoms with E-state index in [1.54, 1.807) is 17.5 Å². The lowest BCUT2D eigenvalue weighted by Gasteiger charge is -2.10. The van der Waals surface area contributed by atoms with Gasteiger partial charge in [0.2, 0.25) is 0 Å². The Labute approximate surface area is 790 Å². The zero-order valence-electron chi connectivity index (χ0n) is 73.4. The monoisotopic (exact) mass is 1780 g/mol. The van der Waals surface area contributed by atoms with E-state index in [4.69, 9.17) is 62.5 Å². The molecule has 0 saturated heterocycles. The number of nitrogens with zero attached hydrogens (tertiary/aromatic N) is 10. The van der Waals surface area contributed by atoms with Crippen LogP contribution in [-0.2, 0) is 0 Å². The van der Waals surface area contributed by atoms with Gasteiger partial charge in [0.25, 0.3) is 0 Å². The fourth-order valence-corrected chi connectivity index (χ4v) is 18.6. The molecular weight excluding hydrogens is 1700 g/mol. The third-order valence-corrected chi connectivity index (χ3v) is 25.7. The highest BCUT2D eigenvalue weighted by molar-refractivity contribution is 7.25. The number of furan rings is 4. The highest BCUT2D eigenvalue weighted by Crippen LogP contribution is 2.42. The maximum absolute atomic E-state index is 6.21. The number of fused-ring (bicyclic) bond motifs is 9. The van der Waals surface area contributed by atoms with Gasteiger partial charge in [0.1, 0.15) is 45.2 Å². The van der Waals surface area contributed by atoms with E-state index in [1.165, 1.54) is 20.2 Å². The van der Waals surface area contributed by atoms with Crippen molar-refractivity contribution in [1.29, 1.82) is 0 Å². The first-order chi connectivity index (χ1) is 67.8. The van der Waals surface area contributed by atoms with E-state index < -0.39 is 0 Å². The molecule has 15 heteroatoms. The third-order valence-electron chi connectivity index (χ3n) is 24.6. The Morgan fingerprint density at radius 1 is 0.153 bits per heavy atom. The first-order valence-corrected chi connectivity index (χ1v) is 46.0. The molecule has 9 heterocycles. The van der Waals surface area contributed by atoms with Gasteiger partial charge in [0.15, 0.2) is 52.4 Å². The zero-order chi connectivity index (χ0) is 90.9. The van der Waals surface area contributed by atoms with Gasteiger partial charge in [-0.3, -0.25) is 4.98 Å². The Hall–Kier alpha value is -18.4. The molecule has 0 fully saturated rings. The second-order valence-electron chi connectivity index (χ2n) is 33.4. The fraction of sp³-hybridized carbons (Fsp3) is 0. The maximum Gasteiger partial charge on any atom is 0.164 e. The van der Waals surface area contributed by atoms with Gasteiger partial charge in [0, 0.05) is 126 Å². The predicted octanol–water partition coefficient (Wildman–Crippen LogP) is 32.2. The minimum atomic E-state index is 0.578. The molecule has 0 aliphatic rings. The molecule has 137 heavy (non-hydrogen) atoms. The lowest BCUT2D eigenvalue weighted by molar-refractivity contribution is 0.631. The molecule has 0 unspecified atom stereocenters. The van der Waals surface area contributed by atoms with Gasteiger partial charge in [-0.15, -0.1) is 11.3 Å². The lowest BCUT2D eigenvalue weighted by Crippen LogP contribution is -2.00. The number of hydrogen-bond acceptors (Lipinski definition) is 15. The molecule has 0 aliphatic heterocycles. The van der Waals surface area contributed by atoms with Crippen molar-refractivity contribution < 1.29 is 17.7 Å². The van der Waals surface area contributed by atoms with Gasteiger partial charge in [-0.2, -0.15) is 0 Å². The van der Waals surface area contributed by atoms with Crippen LogP contribution in [0.1, 0.15) is 0 Å². The molecule has 9 aromatic heterocycles. The first kappa shape index (κ1) is 81.8. The number of para-hydroxylation sites is 4. The summed E-state index contributed by atoms with van der Waals surface area (Å²) in [6.45, 7) is 0. The molecule has 0 N–H and O–H groups in total. The summed E-state index contributed by atoms with van der Waals surface area (Å²) in [4.78, 5) is 49.3. The van der Waals surface area contributed by atoms with Crippen molar-refractivity contribution in [2.45, 2.75) is 0 Å². The third kappa shape index (κ3) is 16.9.